The van der Waals surface area contributed by atoms with Crippen molar-refractivity contribution < 1.29 is 36.3 Å². The maximum atomic E-state index is 12.6. The Hall–Kier alpha value is -1.85. The van der Waals surface area contributed by atoms with Crippen LogP contribution in [0.15, 0.2) is 23.1 Å². The minimum Gasteiger partial charge on any atom is -0.373 e. The molecule has 7 nitrogen and oxygen atoms in total. The maximum absolute atomic E-state index is 12.6. The Morgan fingerprint density at radius 1 is 1.28 bits per heavy atom. The number of benzene rings is 1. The van der Waals surface area contributed by atoms with Crippen LogP contribution in [0.25, 0.3) is 0 Å². The van der Waals surface area contributed by atoms with Crippen molar-refractivity contribution in [3.05, 3.63) is 23.2 Å². The summed E-state index contributed by atoms with van der Waals surface area (Å²) in [5.74, 6) is -3.41. The number of rotatable bonds is 5. The van der Waals surface area contributed by atoms with E-state index in [1.54, 1.807) is 5.32 Å². The summed E-state index contributed by atoms with van der Waals surface area (Å²) in [4.78, 5) is 22.4. The highest BCUT2D eigenvalue weighted by atomic mass is 35.5. The molecular formula is C13H14ClF3N2O5S. The number of hydrogen-bond donors (Lipinski definition) is 3. The van der Waals surface area contributed by atoms with Gasteiger partial charge in [0.05, 0.1) is 15.6 Å². The fourth-order valence-electron chi connectivity index (χ4n) is 1.49. The lowest BCUT2D eigenvalue weighted by atomic mass is 10.1. The molecule has 0 fully saturated rings. The molecule has 0 bridgehead atoms. The molecular weight excluding hydrogens is 389 g/mol. The number of carbonyl (C=O) groups is 2. The zero-order valence-corrected chi connectivity index (χ0v) is 14.5. The number of anilines is 1. The summed E-state index contributed by atoms with van der Waals surface area (Å²) >= 11 is 5.77. The van der Waals surface area contributed by atoms with Crippen LogP contribution in [0, 0.1) is 0 Å². The normalized spacial score (nSPS) is 14.5. The second-order valence-corrected chi connectivity index (χ2v) is 7.49. The van der Waals surface area contributed by atoms with E-state index in [9.17, 15) is 36.3 Å². The van der Waals surface area contributed by atoms with Crippen molar-refractivity contribution in [2.24, 2.45) is 0 Å². The van der Waals surface area contributed by atoms with E-state index in [0.29, 0.717) is 0 Å². The molecule has 2 amide bonds. The van der Waals surface area contributed by atoms with Crippen LogP contribution in [-0.2, 0) is 19.4 Å². The summed E-state index contributed by atoms with van der Waals surface area (Å²) in [7, 11) is -2.78. The molecule has 3 N–H and O–H groups in total. The summed E-state index contributed by atoms with van der Waals surface area (Å²) in [5, 5.41) is 12.8. The molecule has 140 valence electrons. The van der Waals surface area contributed by atoms with Gasteiger partial charge < -0.3 is 15.7 Å². The molecule has 25 heavy (non-hydrogen) atoms. The number of hydrogen-bond acceptors (Lipinski definition) is 5. The fourth-order valence-corrected chi connectivity index (χ4v) is 3.01. The van der Waals surface area contributed by atoms with E-state index >= 15 is 0 Å². The van der Waals surface area contributed by atoms with E-state index < -0.39 is 39.2 Å². The number of nitrogens with one attached hydrogen (secondary N) is 2. The molecule has 1 atom stereocenters. The smallest absolute Gasteiger partial charge is 0.373 e. The van der Waals surface area contributed by atoms with Gasteiger partial charge in [0.25, 0.3) is 5.91 Å². The van der Waals surface area contributed by atoms with Gasteiger partial charge in [0, 0.05) is 7.05 Å². The van der Waals surface area contributed by atoms with Crippen molar-refractivity contribution in [2.75, 3.05) is 18.1 Å². The Kier molecular flexibility index (Phi) is 6.09. The van der Waals surface area contributed by atoms with Gasteiger partial charge in [-0.15, -0.1) is 0 Å². The summed E-state index contributed by atoms with van der Waals surface area (Å²) in [6, 6.07) is 2.78. The van der Waals surface area contributed by atoms with Crippen LogP contribution in [0.3, 0.4) is 0 Å². The van der Waals surface area contributed by atoms with Crippen LogP contribution < -0.4 is 10.6 Å². The first-order valence-corrected chi connectivity index (χ1v) is 8.59. The molecule has 0 saturated heterocycles. The maximum Gasteiger partial charge on any atom is 0.426 e. The van der Waals surface area contributed by atoms with E-state index in [0.717, 1.165) is 18.2 Å². The molecule has 0 radical (unpaired) electrons. The van der Waals surface area contributed by atoms with Gasteiger partial charge in [0.1, 0.15) is 5.75 Å². The first-order valence-electron chi connectivity index (χ1n) is 6.56. The second kappa shape index (κ2) is 7.18. The third-order valence-corrected chi connectivity index (χ3v) is 5.07. The van der Waals surface area contributed by atoms with Crippen molar-refractivity contribution in [1.29, 1.82) is 0 Å². The number of alkyl halides is 3. The van der Waals surface area contributed by atoms with Crippen molar-refractivity contribution in [3.63, 3.8) is 0 Å². The minimum atomic E-state index is -5.22. The van der Waals surface area contributed by atoms with Crippen molar-refractivity contribution >= 4 is 38.9 Å². The van der Waals surface area contributed by atoms with Gasteiger partial charge in [-0.25, -0.2) is 8.42 Å². The SMILES string of the molecule is CNC(=O)CS(=O)(=O)c1ccc(NC(=O)C(C)(O)C(F)(F)F)c(Cl)c1. The molecule has 0 saturated carbocycles. The highest BCUT2D eigenvalue weighted by Gasteiger charge is 2.55. The van der Waals surface area contributed by atoms with Crippen LogP contribution in [-0.4, -0.2) is 49.9 Å². The zero-order chi connectivity index (χ0) is 19.6. The monoisotopic (exact) mass is 402 g/mol. The van der Waals surface area contributed by atoms with Gasteiger partial charge in [-0.1, -0.05) is 11.6 Å². The Morgan fingerprint density at radius 3 is 2.28 bits per heavy atom. The largest absolute Gasteiger partial charge is 0.426 e. The Balaban J connectivity index is 3.08. The second-order valence-electron chi connectivity index (χ2n) is 5.10. The number of carbonyl (C=O) groups excluding carboxylic acids is 2. The Labute approximate surface area is 146 Å². The number of aliphatic hydroxyl groups is 1. The molecule has 0 aliphatic carbocycles. The lowest BCUT2D eigenvalue weighted by Crippen LogP contribution is -2.52. The van der Waals surface area contributed by atoms with E-state index in [1.807, 2.05) is 0 Å². The molecule has 0 aliphatic heterocycles. The Bertz CT molecular complexity index is 793. The van der Waals surface area contributed by atoms with Crippen LogP contribution in [0.2, 0.25) is 5.02 Å². The van der Waals surface area contributed by atoms with Crippen LogP contribution in [0.5, 0.6) is 0 Å². The van der Waals surface area contributed by atoms with Gasteiger partial charge in [-0.2, -0.15) is 13.2 Å². The van der Waals surface area contributed by atoms with Crippen molar-refractivity contribution in [3.8, 4) is 0 Å². The third-order valence-electron chi connectivity index (χ3n) is 3.14. The fraction of sp³-hybridized carbons (Fsp3) is 0.385. The zero-order valence-electron chi connectivity index (χ0n) is 12.9. The summed E-state index contributed by atoms with van der Waals surface area (Å²) in [6.45, 7) is 0.262. The van der Waals surface area contributed by atoms with Gasteiger partial charge >= 0.3 is 6.18 Å². The quantitative estimate of drug-likeness (QED) is 0.683. The van der Waals surface area contributed by atoms with Crippen molar-refractivity contribution in [1.82, 2.24) is 5.32 Å². The van der Waals surface area contributed by atoms with Crippen molar-refractivity contribution in [2.45, 2.75) is 23.6 Å². The molecule has 0 heterocycles. The number of sulfone groups is 1. The highest BCUT2D eigenvalue weighted by molar-refractivity contribution is 7.92. The lowest BCUT2D eigenvalue weighted by molar-refractivity contribution is -0.242. The summed E-state index contributed by atoms with van der Waals surface area (Å²) in [6.07, 6.45) is -5.22. The first kappa shape index (κ1) is 21.2. The minimum absolute atomic E-state index is 0.262. The standard InChI is InChI=1S/C13H14ClF3N2O5S/c1-12(22,13(15,16)17)11(21)19-9-4-3-7(5-8(9)14)25(23,24)6-10(20)18-2/h3-5,22H,6H2,1-2H3,(H,18,20)(H,19,21). The predicted octanol–water partition coefficient (Wildman–Crippen LogP) is 1.11. The number of amides is 2. The molecule has 1 rings (SSSR count). The molecule has 1 unspecified atom stereocenters. The van der Waals surface area contributed by atoms with Gasteiger partial charge in [-0.3, -0.25) is 9.59 Å². The average Bonchev–Trinajstić information content (AvgIpc) is 2.47. The van der Waals surface area contributed by atoms with Crippen LogP contribution in [0.1, 0.15) is 6.92 Å². The Morgan fingerprint density at radius 2 is 1.84 bits per heavy atom. The molecule has 12 heteroatoms. The molecule has 0 spiro atoms. The van der Waals surface area contributed by atoms with Crippen LogP contribution in [0.4, 0.5) is 18.9 Å². The average molecular weight is 403 g/mol. The lowest BCUT2D eigenvalue weighted by Gasteiger charge is -2.25. The van der Waals surface area contributed by atoms with Gasteiger partial charge in [0.2, 0.25) is 11.5 Å². The topological polar surface area (TPSA) is 113 Å². The van der Waals surface area contributed by atoms with Gasteiger partial charge in [0.15, 0.2) is 9.84 Å². The molecule has 0 aliphatic rings. The first-order chi connectivity index (χ1) is 11.2. The predicted molar refractivity (Wildman–Crippen MR) is 82.9 cm³/mol. The third kappa shape index (κ3) is 4.83. The van der Waals surface area contributed by atoms with E-state index in [1.165, 1.54) is 7.05 Å². The van der Waals surface area contributed by atoms with Crippen LogP contribution >= 0.6 is 11.6 Å². The van der Waals surface area contributed by atoms with Gasteiger partial charge in [-0.05, 0) is 25.1 Å². The summed E-state index contributed by atoms with van der Waals surface area (Å²) in [5.41, 5.74) is -4.00. The highest BCUT2D eigenvalue weighted by Crippen LogP contribution is 2.32. The van der Waals surface area contributed by atoms with E-state index in [-0.39, 0.29) is 22.5 Å². The van der Waals surface area contributed by atoms with E-state index in [4.69, 9.17) is 11.6 Å². The molecule has 1 aromatic carbocycles. The number of halogens is 4. The molecule has 0 aromatic heterocycles. The molecule has 1 aromatic rings. The summed E-state index contributed by atoms with van der Waals surface area (Å²) < 4.78 is 61.8. The van der Waals surface area contributed by atoms with E-state index in [2.05, 4.69) is 5.32 Å².